The molecule has 0 amide bonds. The molecule has 0 fully saturated rings. The number of carboxylic acids is 1. The second-order valence-electron chi connectivity index (χ2n) is 2.51. The minimum absolute atomic E-state index is 0.0828. The van der Waals surface area contributed by atoms with E-state index in [1.54, 1.807) is 6.07 Å². The van der Waals surface area contributed by atoms with E-state index in [4.69, 9.17) is 10.4 Å². The lowest BCUT2D eigenvalue weighted by Crippen LogP contribution is -2.25. The Morgan fingerprint density at radius 2 is 2.36 bits per heavy atom. The van der Waals surface area contributed by atoms with E-state index in [0.29, 0.717) is 4.47 Å². The third kappa shape index (κ3) is 2.20. The Balaban J connectivity index is 3.31. The zero-order valence-electron chi connectivity index (χ0n) is 6.90. The van der Waals surface area contributed by atoms with Gasteiger partial charge in [-0.1, -0.05) is 0 Å². The van der Waals surface area contributed by atoms with Crippen molar-refractivity contribution in [3.8, 4) is 6.07 Å². The molecule has 0 aliphatic carbocycles. The quantitative estimate of drug-likeness (QED) is 0.839. The summed E-state index contributed by atoms with van der Waals surface area (Å²) in [6.07, 6.45) is 1.33. The molecule has 6 heteroatoms. The standard InChI is InChI=1S/C8H5BrN2O3/c9-6-1-5(2-10)8(14)11(3-6)4-7(12)13/h1,3H,4H2,(H,12,13). The average Bonchev–Trinajstić information content (AvgIpc) is 2.09. The normalized spacial score (nSPS) is 9.43. The van der Waals surface area contributed by atoms with Gasteiger partial charge in [0.15, 0.2) is 0 Å². The first-order valence-corrected chi connectivity index (χ1v) is 4.36. The molecule has 0 aromatic carbocycles. The number of aromatic nitrogens is 1. The number of nitriles is 1. The van der Waals surface area contributed by atoms with Crippen molar-refractivity contribution in [3.05, 3.63) is 32.7 Å². The van der Waals surface area contributed by atoms with Gasteiger partial charge in [-0.15, -0.1) is 0 Å². The first-order valence-electron chi connectivity index (χ1n) is 3.56. The first-order chi connectivity index (χ1) is 6.54. The van der Waals surface area contributed by atoms with Gasteiger partial charge in [0, 0.05) is 10.7 Å². The van der Waals surface area contributed by atoms with Gasteiger partial charge in [0.25, 0.3) is 5.56 Å². The van der Waals surface area contributed by atoms with Gasteiger partial charge < -0.3 is 9.67 Å². The molecule has 1 aromatic rings. The van der Waals surface area contributed by atoms with E-state index < -0.39 is 18.1 Å². The molecule has 1 heterocycles. The molecule has 1 N–H and O–H groups in total. The molecule has 0 bridgehead atoms. The van der Waals surface area contributed by atoms with Crippen LogP contribution in [0.1, 0.15) is 5.56 Å². The highest BCUT2D eigenvalue weighted by Crippen LogP contribution is 2.07. The van der Waals surface area contributed by atoms with Crippen LogP contribution in [0.3, 0.4) is 0 Å². The number of nitrogens with zero attached hydrogens (tertiary/aromatic N) is 2. The van der Waals surface area contributed by atoms with Crippen LogP contribution in [0.25, 0.3) is 0 Å². The number of halogens is 1. The molecular formula is C8H5BrN2O3. The van der Waals surface area contributed by atoms with E-state index in [1.807, 2.05) is 0 Å². The molecule has 5 nitrogen and oxygen atoms in total. The van der Waals surface area contributed by atoms with Crippen molar-refractivity contribution in [1.82, 2.24) is 4.57 Å². The predicted molar refractivity (Wildman–Crippen MR) is 50.8 cm³/mol. The summed E-state index contributed by atoms with van der Waals surface area (Å²) in [5.41, 5.74) is -0.682. The van der Waals surface area contributed by atoms with Crippen molar-refractivity contribution in [2.75, 3.05) is 0 Å². The van der Waals surface area contributed by atoms with E-state index in [-0.39, 0.29) is 5.56 Å². The van der Waals surface area contributed by atoms with Crippen LogP contribution < -0.4 is 5.56 Å². The van der Waals surface area contributed by atoms with E-state index in [0.717, 1.165) is 4.57 Å². The molecule has 14 heavy (non-hydrogen) atoms. The fourth-order valence-corrected chi connectivity index (χ4v) is 1.42. The summed E-state index contributed by atoms with van der Waals surface area (Å²) in [6, 6.07) is 3.04. The molecular weight excluding hydrogens is 252 g/mol. The molecule has 0 atom stereocenters. The molecule has 0 saturated carbocycles. The van der Waals surface area contributed by atoms with Crippen molar-refractivity contribution >= 4 is 21.9 Å². The zero-order valence-corrected chi connectivity index (χ0v) is 8.48. The van der Waals surface area contributed by atoms with Crippen LogP contribution in [-0.4, -0.2) is 15.6 Å². The van der Waals surface area contributed by atoms with E-state index in [1.165, 1.54) is 12.3 Å². The van der Waals surface area contributed by atoms with Gasteiger partial charge in [0.2, 0.25) is 0 Å². The summed E-state index contributed by atoms with van der Waals surface area (Å²) < 4.78 is 1.46. The van der Waals surface area contributed by atoms with E-state index in [9.17, 15) is 9.59 Å². The van der Waals surface area contributed by atoms with E-state index in [2.05, 4.69) is 15.9 Å². The molecule has 0 aliphatic heterocycles. The van der Waals surface area contributed by atoms with Crippen molar-refractivity contribution in [3.63, 3.8) is 0 Å². The largest absolute Gasteiger partial charge is 0.480 e. The lowest BCUT2D eigenvalue weighted by atomic mass is 10.3. The third-order valence-electron chi connectivity index (χ3n) is 1.48. The van der Waals surface area contributed by atoms with Gasteiger partial charge in [0.1, 0.15) is 18.2 Å². The Hall–Kier alpha value is -1.61. The van der Waals surface area contributed by atoms with Crippen molar-refractivity contribution < 1.29 is 9.90 Å². The molecule has 0 aliphatic rings. The van der Waals surface area contributed by atoms with Crippen LogP contribution in [0.2, 0.25) is 0 Å². The van der Waals surface area contributed by atoms with Gasteiger partial charge in [0.05, 0.1) is 0 Å². The summed E-state index contributed by atoms with van der Waals surface area (Å²) in [7, 11) is 0. The minimum Gasteiger partial charge on any atom is -0.480 e. The summed E-state index contributed by atoms with van der Waals surface area (Å²) in [6.45, 7) is -0.451. The van der Waals surface area contributed by atoms with Crippen LogP contribution in [0.4, 0.5) is 0 Å². The smallest absolute Gasteiger partial charge is 0.323 e. The number of pyridine rings is 1. The number of carbonyl (C=O) groups is 1. The van der Waals surface area contributed by atoms with Crippen LogP contribution in [-0.2, 0) is 11.3 Å². The van der Waals surface area contributed by atoms with Crippen molar-refractivity contribution in [2.24, 2.45) is 0 Å². The van der Waals surface area contributed by atoms with Crippen LogP contribution >= 0.6 is 15.9 Å². The average molecular weight is 257 g/mol. The monoisotopic (exact) mass is 256 g/mol. The molecule has 0 unspecified atom stereocenters. The third-order valence-corrected chi connectivity index (χ3v) is 1.91. The molecule has 0 saturated heterocycles. The maximum atomic E-state index is 11.3. The number of rotatable bonds is 2. The van der Waals surface area contributed by atoms with Crippen molar-refractivity contribution in [1.29, 1.82) is 5.26 Å². The number of hydrogen-bond acceptors (Lipinski definition) is 3. The Kier molecular flexibility index (Phi) is 3.04. The van der Waals surface area contributed by atoms with Crippen LogP contribution in [0, 0.1) is 11.3 Å². The van der Waals surface area contributed by atoms with Gasteiger partial charge in [-0.3, -0.25) is 9.59 Å². The van der Waals surface area contributed by atoms with Gasteiger partial charge in [-0.25, -0.2) is 0 Å². The summed E-state index contributed by atoms with van der Waals surface area (Å²) in [5.74, 6) is -1.13. The SMILES string of the molecule is N#Cc1cc(Br)cn(CC(=O)O)c1=O. The maximum absolute atomic E-state index is 11.3. The van der Waals surface area contributed by atoms with E-state index >= 15 is 0 Å². The zero-order chi connectivity index (χ0) is 10.7. The molecule has 0 radical (unpaired) electrons. The first kappa shape index (κ1) is 10.5. The number of aliphatic carboxylic acids is 1. The Labute approximate surface area is 87.3 Å². The second-order valence-corrected chi connectivity index (χ2v) is 3.43. The summed E-state index contributed by atoms with van der Waals surface area (Å²) in [4.78, 5) is 21.7. The Bertz CT molecular complexity index is 472. The van der Waals surface area contributed by atoms with Gasteiger partial charge >= 0.3 is 5.97 Å². The minimum atomic E-state index is -1.13. The summed E-state index contributed by atoms with van der Waals surface area (Å²) in [5, 5.41) is 17.1. The lowest BCUT2D eigenvalue weighted by molar-refractivity contribution is -0.137. The predicted octanol–water partition coefficient (Wildman–Crippen LogP) is 0.567. The molecule has 0 spiro atoms. The van der Waals surface area contributed by atoms with Gasteiger partial charge in [-0.05, 0) is 22.0 Å². The second kappa shape index (κ2) is 4.07. The van der Waals surface area contributed by atoms with Crippen LogP contribution in [0.5, 0.6) is 0 Å². The fraction of sp³-hybridized carbons (Fsp3) is 0.125. The highest BCUT2D eigenvalue weighted by Gasteiger charge is 2.07. The number of carboxylic acid groups (broad SMARTS) is 1. The Morgan fingerprint density at radius 1 is 1.71 bits per heavy atom. The summed E-state index contributed by atoms with van der Waals surface area (Å²) >= 11 is 3.07. The highest BCUT2D eigenvalue weighted by atomic mass is 79.9. The fourth-order valence-electron chi connectivity index (χ4n) is 0.942. The highest BCUT2D eigenvalue weighted by molar-refractivity contribution is 9.10. The topological polar surface area (TPSA) is 83.1 Å². The molecule has 1 aromatic heterocycles. The number of hydrogen-bond donors (Lipinski definition) is 1. The Morgan fingerprint density at radius 3 is 2.86 bits per heavy atom. The molecule has 72 valence electrons. The van der Waals surface area contributed by atoms with Crippen LogP contribution in [0.15, 0.2) is 21.5 Å². The van der Waals surface area contributed by atoms with Gasteiger partial charge in [-0.2, -0.15) is 5.26 Å². The lowest BCUT2D eigenvalue weighted by Gasteiger charge is -2.02. The maximum Gasteiger partial charge on any atom is 0.323 e. The molecule has 1 rings (SSSR count). The van der Waals surface area contributed by atoms with Crippen molar-refractivity contribution in [2.45, 2.75) is 6.54 Å².